The maximum atomic E-state index is 14.1. The largest absolute Gasteiger partial charge is 0.493 e. The molecule has 4 aromatic rings. The molecule has 216 valence electrons. The van der Waals surface area contributed by atoms with Crippen LogP contribution in [-0.4, -0.2) is 45.5 Å². The van der Waals surface area contributed by atoms with E-state index >= 15 is 0 Å². The first kappa shape index (κ1) is 29.3. The Morgan fingerprint density at radius 2 is 1.79 bits per heavy atom. The molecule has 0 fully saturated rings. The number of anilines is 1. The Hall–Kier alpha value is -4.15. The first-order chi connectivity index (χ1) is 20.3. The molecule has 0 N–H and O–H groups in total. The minimum atomic E-state index is -0.819. The summed E-state index contributed by atoms with van der Waals surface area (Å²) in [6.07, 6.45) is 1.84. The quantitative estimate of drug-likeness (QED) is 0.256. The van der Waals surface area contributed by atoms with Gasteiger partial charge in [0.15, 0.2) is 16.3 Å². The van der Waals surface area contributed by atoms with Crippen LogP contribution in [0.2, 0.25) is 0 Å². The number of methoxy groups -OCH3 is 2. The van der Waals surface area contributed by atoms with Crippen LogP contribution in [0, 0.1) is 0 Å². The van der Waals surface area contributed by atoms with E-state index in [1.807, 2.05) is 79.7 Å². The third-order valence-corrected chi connectivity index (χ3v) is 8.47. The van der Waals surface area contributed by atoms with Gasteiger partial charge in [0.05, 0.1) is 48.4 Å². The molecule has 3 aromatic carbocycles. The fourth-order valence-corrected chi connectivity index (χ4v) is 6.66. The zero-order valence-corrected chi connectivity index (χ0v) is 26.3. The van der Waals surface area contributed by atoms with Crippen molar-refractivity contribution < 1.29 is 19.0 Å². The van der Waals surface area contributed by atoms with E-state index < -0.39 is 12.0 Å². The number of carbonyl (C=O) groups excluding carboxylic acids is 1. The zero-order chi connectivity index (χ0) is 30.0. The minimum Gasteiger partial charge on any atom is -0.493 e. The first-order valence-electron chi connectivity index (χ1n) is 13.2. The average Bonchev–Trinajstić information content (AvgIpc) is 3.30. The summed E-state index contributed by atoms with van der Waals surface area (Å²) in [7, 11) is 7.04. The number of halogens is 1. The summed E-state index contributed by atoms with van der Waals surface area (Å²) < 4.78 is 19.5. The maximum Gasteiger partial charge on any atom is 0.338 e. The van der Waals surface area contributed by atoms with Crippen LogP contribution in [0.15, 0.2) is 86.6 Å². The lowest BCUT2D eigenvalue weighted by molar-refractivity contribution is -0.138. The third-order valence-electron chi connectivity index (χ3n) is 6.85. The molecule has 10 heteroatoms. The van der Waals surface area contributed by atoms with E-state index in [1.165, 1.54) is 11.3 Å². The molecule has 1 aliphatic rings. The van der Waals surface area contributed by atoms with Crippen LogP contribution in [0.5, 0.6) is 11.5 Å². The number of carbonyl (C=O) groups is 1. The molecule has 8 nitrogen and oxygen atoms in total. The number of benzene rings is 3. The summed E-state index contributed by atoms with van der Waals surface area (Å²) in [6.45, 7) is 1.92. The van der Waals surface area contributed by atoms with E-state index in [0.717, 1.165) is 21.3 Å². The average molecular weight is 649 g/mol. The number of thiazole rings is 1. The van der Waals surface area contributed by atoms with Gasteiger partial charge in [-0.1, -0.05) is 53.8 Å². The zero-order valence-electron chi connectivity index (χ0n) is 23.9. The molecule has 0 aliphatic carbocycles. The number of ether oxygens (including phenoxy) is 3. The normalized spacial score (nSPS) is 14.7. The van der Waals surface area contributed by atoms with Gasteiger partial charge in [0.25, 0.3) is 5.56 Å². The predicted octanol–water partition coefficient (Wildman–Crippen LogP) is 4.78. The lowest BCUT2D eigenvalue weighted by Gasteiger charge is -2.26. The van der Waals surface area contributed by atoms with E-state index in [4.69, 9.17) is 19.2 Å². The van der Waals surface area contributed by atoms with E-state index in [9.17, 15) is 9.59 Å². The first-order valence-corrected chi connectivity index (χ1v) is 14.9. The highest BCUT2D eigenvalue weighted by atomic mass is 79.9. The van der Waals surface area contributed by atoms with Gasteiger partial charge in [-0.2, -0.15) is 0 Å². The highest BCUT2D eigenvalue weighted by molar-refractivity contribution is 9.10. The summed E-state index contributed by atoms with van der Waals surface area (Å²) in [6, 6.07) is 19.9. The molecule has 1 aliphatic heterocycles. The SMILES string of the molecule is CCOC(=O)C1=C(c2ccccc2)N=c2s/c(=C\c3ccc(N(C)C)c(Br)c3)c(=O)n2[C@@H]1c1ccc(OC)c(OC)c1. The molecule has 0 bridgehead atoms. The Balaban J connectivity index is 1.81. The van der Waals surface area contributed by atoms with Crippen LogP contribution >= 0.6 is 27.3 Å². The Morgan fingerprint density at radius 3 is 2.43 bits per heavy atom. The van der Waals surface area contributed by atoms with Gasteiger partial charge in [-0.25, -0.2) is 9.79 Å². The third kappa shape index (κ3) is 5.52. The van der Waals surface area contributed by atoms with Crippen molar-refractivity contribution in [1.29, 1.82) is 0 Å². The number of aromatic nitrogens is 1. The van der Waals surface area contributed by atoms with Crippen LogP contribution < -0.4 is 29.3 Å². The van der Waals surface area contributed by atoms with Crippen molar-refractivity contribution >= 4 is 50.7 Å². The monoisotopic (exact) mass is 647 g/mol. The summed E-state index contributed by atoms with van der Waals surface area (Å²) in [5, 5.41) is 0. The van der Waals surface area contributed by atoms with Crippen molar-refractivity contribution in [3.8, 4) is 11.5 Å². The topological polar surface area (TPSA) is 82.4 Å². The molecule has 1 aromatic heterocycles. The molecule has 2 heterocycles. The highest BCUT2D eigenvalue weighted by Gasteiger charge is 2.35. The van der Waals surface area contributed by atoms with Crippen molar-refractivity contribution in [3.05, 3.63) is 113 Å². The van der Waals surface area contributed by atoms with E-state index in [1.54, 1.807) is 37.8 Å². The molecular weight excluding hydrogens is 618 g/mol. The second kappa shape index (κ2) is 12.4. The van der Waals surface area contributed by atoms with Crippen LogP contribution in [0.25, 0.3) is 11.8 Å². The fraction of sp³-hybridized carbons (Fsp3) is 0.219. The maximum absolute atomic E-state index is 14.1. The number of nitrogens with zero attached hydrogens (tertiary/aromatic N) is 3. The summed E-state index contributed by atoms with van der Waals surface area (Å²) in [4.78, 5) is 35.2. The van der Waals surface area contributed by atoms with Gasteiger partial charge in [-0.3, -0.25) is 9.36 Å². The lowest BCUT2D eigenvalue weighted by atomic mass is 9.93. The second-order valence-electron chi connectivity index (χ2n) is 9.65. The van der Waals surface area contributed by atoms with Gasteiger partial charge >= 0.3 is 5.97 Å². The molecule has 0 amide bonds. The van der Waals surface area contributed by atoms with Crippen LogP contribution in [-0.2, 0) is 9.53 Å². The van der Waals surface area contributed by atoms with Gasteiger partial charge in [-0.15, -0.1) is 0 Å². The van der Waals surface area contributed by atoms with Crippen molar-refractivity contribution in [2.75, 3.05) is 39.8 Å². The standard InChI is InChI=1S/C32H30BrN3O5S/c1-6-41-31(38)27-28(20-10-8-7-9-11-20)34-32-36(29(27)21-13-15-24(39-4)25(18-21)40-5)30(37)26(42-32)17-19-12-14-23(35(2)3)22(33)16-19/h7-18,29H,6H2,1-5H3/b26-17-/t29-/m1/s1. The number of rotatable bonds is 8. The van der Waals surface area contributed by atoms with Crippen LogP contribution in [0.1, 0.15) is 29.7 Å². The number of esters is 1. The van der Waals surface area contributed by atoms with Gasteiger partial charge in [0.1, 0.15) is 0 Å². The predicted molar refractivity (Wildman–Crippen MR) is 169 cm³/mol. The minimum absolute atomic E-state index is 0.172. The van der Waals surface area contributed by atoms with Gasteiger partial charge in [0, 0.05) is 24.1 Å². The molecule has 0 spiro atoms. The Bertz CT molecular complexity index is 1860. The molecule has 5 rings (SSSR count). The Labute approximate surface area is 255 Å². The fourth-order valence-electron chi connectivity index (χ4n) is 4.91. The van der Waals surface area contributed by atoms with Gasteiger partial charge in [0.2, 0.25) is 0 Å². The summed E-state index contributed by atoms with van der Waals surface area (Å²) in [5.74, 6) is 0.465. The number of fused-ring (bicyclic) bond motifs is 1. The second-order valence-corrected chi connectivity index (χ2v) is 11.5. The summed E-state index contributed by atoms with van der Waals surface area (Å²) >= 11 is 4.91. The lowest BCUT2D eigenvalue weighted by Crippen LogP contribution is -2.40. The molecule has 0 saturated heterocycles. The van der Waals surface area contributed by atoms with Crippen molar-refractivity contribution in [1.82, 2.24) is 4.57 Å². The molecule has 0 saturated carbocycles. The van der Waals surface area contributed by atoms with Crippen LogP contribution in [0.3, 0.4) is 0 Å². The molecule has 0 radical (unpaired) electrons. The van der Waals surface area contributed by atoms with E-state index in [2.05, 4.69) is 15.9 Å². The van der Waals surface area contributed by atoms with Gasteiger partial charge < -0.3 is 19.1 Å². The Kier molecular flexibility index (Phi) is 8.65. The van der Waals surface area contributed by atoms with E-state index in [-0.39, 0.29) is 17.7 Å². The smallest absolute Gasteiger partial charge is 0.338 e. The van der Waals surface area contributed by atoms with Crippen LogP contribution in [0.4, 0.5) is 5.69 Å². The number of hydrogen-bond acceptors (Lipinski definition) is 8. The molecule has 1 atom stereocenters. The van der Waals surface area contributed by atoms with Crippen molar-refractivity contribution in [3.63, 3.8) is 0 Å². The van der Waals surface area contributed by atoms with Crippen molar-refractivity contribution in [2.45, 2.75) is 13.0 Å². The highest BCUT2D eigenvalue weighted by Crippen LogP contribution is 2.38. The van der Waals surface area contributed by atoms with E-state index in [0.29, 0.717) is 32.1 Å². The molecule has 0 unspecified atom stereocenters. The van der Waals surface area contributed by atoms with Crippen molar-refractivity contribution in [2.24, 2.45) is 4.99 Å². The molecule has 42 heavy (non-hydrogen) atoms. The Morgan fingerprint density at radius 1 is 1.05 bits per heavy atom. The summed E-state index contributed by atoms with van der Waals surface area (Å²) in [5.41, 5.74) is 3.74. The molecular formula is C32H30BrN3O5S. The number of hydrogen-bond donors (Lipinski definition) is 0. The van der Waals surface area contributed by atoms with Gasteiger partial charge in [-0.05, 0) is 64.3 Å².